The number of hydrogen-bond donors (Lipinski definition) is 1. The zero-order valence-corrected chi connectivity index (χ0v) is 14.4. The minimum Gasteiger partial charge on any atom is -0.465 e. The quantitative estimate of drug-likeness (QED) is 0.685. The Balaban J connectivity index is 2.53. The van der Waals surface area contributed by atoms with Crippen LogP contribution in [0.2, 0.25) is 0 Å². The molecule has 0 radical (unpaired) electrons. The summed E-state index contributed by atoms with van der Waals surface area (Å²) in [6.07, 6.45) is 3.28. The lowest BCUT2D eigenvalue weighted by Crippen LogP contribution is -2.53. The number of carbonyl (C=O) groups excluding carboxylic acids is 1. The van der Waals surface area contributed by atoms with E-state index in [1.54, 1.807) is 0 Å². The number of hydrogen-bond acceptors (Lipinski definition) is 5. The number of rotatable bonds is 8. The van der Waals surface area contributed by atoms with Crippen molar-refractivity contribution in [3.63, 3.8) is 0 Å². The monoisotopic (exact) mass is 299 g/mol. The van der Waals surface area contributed by atoms with Gasteiger partial charge in [0.15, 0.2) is 0 Å². The van der Waals surface area contributed by atoms with Crippen molar-refractivity contribution in [3.8, 4) is 0 Å². The molecule has 1 rings (SSSR count). The lowest BCUT2D eigenvalue weighted by Gasteiger charge is -2.37. The predicted molar refractivity (Wildman–Crippen MR) is 86.5 cm³/mol. The zero-order valence-electron chi connectivity index (χ0n) is 14.4. The van der Waals surface area contributed by atoms with Crippen molar-refractivity contribution in [1.29, 1.82) is 0 Å². The average molecular weight is 299 g/mol. The number of piperidine rings is 1. The van der Waals surface area contributed by atoms with Crippen molar-refractivity contribution in [2.24, 2.45) is 0 Å². The second-order valence-corrected chi connectivity index (χ2v) is 6.37. The van der Waals surface area contributed by atoms with Crippen LogP contribution in [0.1, 0.15) is 40.0 Å². The van der Waals surface area contributed by atoms with Gasteiger partial charge in [-0.15, -0.1) is 0 Å². The smallest absolute Gasteiger partial charge is 0.326 e. The third kappa shape index (κ3) is 5.57. The van der Waals surface area contributed by atoms with E-state index in [1.165, 1.54) is 19.4 Å². The number of nitrogens with one attached hydrogen (secondary N) is 1. The molecule has 2 unspecified atom stereocenters. The van der Waals surface area contributed by atoms with Crippen LogP contribution in [0.4, 0.5) is 0 Å². The molecule has 1 heterocycles. The van der Waals surface area contributed by atoms with Gasteiger partial charge in [0.2, 0.25) is 0 Å². The van der Waals surface area contributed by atoms with Gasteiger partial charge < -0.3 is 19.9 Å². The molecule has 0 spiro atoms. The summed E-state index contributed by atoms with van der Waals surface area (Å²) in [4.78, 5) is 17.0. The van der Waals surface area contributed by atoms with Gasteiger partial charge in [0.1, 0.15) is 5.54 Å². The molecule has 5 heteroatoms. The summed E-state index contributed by atoms with van der Waals surface area (Å²) in [5.41, 5.74) is -0.584. The summed E-state index contributed by atoms with van der Waals surface area (Å²) in [5, 5.41) is 3.30. The van der Waals surface area contributed by atoms with Gasteiger partial charge >= 0.3 is 5.97 Å². The Hall–Kier alpha value is -0.650. The van der Waals surface area contributed by atoms with Gasteiger partial charge in [-0.25, -0.2) is 0 Å². The first-order chi connectivity index (χ1) is 9.92. The Labute approximate surface area is 130 Å². The summed E-state index contributed by atoms with van der Waals surface area (Å²) in [5.74, 6) is -0.138. The third-order valence-electron chi connectivity index (χ3n) is 4.48. The van der Waals surface area contributed by atoms with Gasteiger partial charge in [0.25, 0.3) is 0 Å². The molecule has 1 N–H and O–H groups in total. The highest BCUT2D eigenvalue weighted by Crippen LogP contribution is 2.17. The van der Waals surface area contributed by atoms with Gasteiger partial charge in [-0.1, -0.05) is 6.92 Å². The van der Waals surface area contributed by atoms with E-state index >= 15 is 0 Å². The molecule has 5 nitrogen and oxygen atoms in total. The maximum absolute atomic E-state index is 12.2. The second-order valence-electron chi connectivity index (χ2n) is 6.37. The van der Waals surface area contributed by atoms with Crippen LogP contribution in [0, 0.1) is 0 Å². The molecule has 0 amide bonds. The normalized spacial score (nSPS) is 23.0. The van der Waals surface area contributed by atoms with Gasteiger partial charge in [0, 0.05) is 19.1 Å². The fourth-order valence-electron chi connectivity index (χ4n) is 3.02. The van der Waals surface area contributed by atoms with E-state index in [2.05, 4.69) is 29.2 Å². The van der Waals surface area contributed by atoms with Crippen molar-refractivity contribution in [3.05, 3.63) is 0 Å². The Kier molecular flexibility index (Phi) is 7.63. The molecule has 0 saturated carbocycles. The lowest BCUT2D eigenvalue weighted by molar-refractivity contribution is -0.151. The highest BCUT2D eigenvalue weighted by Gasteiger charge is 2.34. The van der Waals surface area contributed by atoms with E-state index in [-0.39, 0.29) is 5.97 Å². The van der Waals surface area contributed by atoms with E-state index < -0.39 is 5.54 Å². The first-order valence-corrected chi connectivity index (χ1v) is 8.24. The molecule has 1 aliphatic rings. The number of likely N-dealkylation sites (N-methyl/N-ethyl adjacent to an activating group) is 3. The van der Waals surface area contributed by atoms with Crippen LogP contribution in [0.5, 0.6) is 0 Å². The average Bonchev–Trinajstić information content (AvgIpc) is 2.45. The second kappa shape index (κ2) is 8.71. The van der Waals surface area contributed by atoms with Crippen LogP contribution in [0.3, 0.4) is 0 Å². The van der Waals surface area contributed by atoms with Crippen molar-refractivity contribution >= 4 is 5.97 Å². The van der Waals surface area contributed by atoms with E-state index in [4.69, 9.17) is 4.74 Å². The Bertz CT molecular complexity index is 325. The minimum absolute atomic E-state index is 0.138. The molecule has 0 aromatic carbocycles. The number of likely N-dealkylation sites (tertiary alicyclic amines) is 1. The van der Waals surface area contributed by atoms with Crippen molar-refractivity contribution in [2.45, 2.75) is 51.6 Å². The Morgan fingerprint density at radius 1 is 1.48 bits per heavy atom. The summed E-state index contributed by atoms with van der Waals surface area (Å²) in [6.45, 7) is 10.3. The van der Waals surface area contributed by atoms with Crippen LogP contribution in [-0.2, 0) is 9.53 Å². The van der Waals surface area contributed by atoms with E-state index in [0.717, 1.165) is 26.1 Å². The molecule has 0 bridgehead atoms. The standard InChI is InChI=1S/C16H33N3O2/c1-6-17-16(3,15(20)21-7-2)10-12-19(5)14-9-8-11-18(4)13-14/h14,17H,6-13H2,1-5H3. The maximum Gasteiger partial charge on any atom is 0.326 e. The Morgan fingerprint density at radius 3 is 2.76 bits per heavy atom. The molecule has 0 aliphatic carbocycles. The fourth-order valence-corrected chi connectivity index (χ4v) is 3.02. The largest absolute Gasteiger partial charge is 0.465 e. The summed E-state index contributed by atoms with van der Waals surface area (Å²) in [7, 11) is 4.35. The van der Waals surface area contributed by atoms with Crippen LogP contribution < -0.4 is 5.32 Å². The van der Waals surface area contributed by atoms with E-state index in [1.807, 2.05) is 20.8 Å². The van der Waals surface area contributed by atoms with Crippen molar-refractivity contribution in [1.82, 2.24) is 15.1 Å². The van der Waals surface area contributed by atoms with Gasteiger partial charge in [0.05, 0.1) is 6.61 Å². The molecular formula is C16H33N3O2. The van der Waals surface area contributed by atoms with Crippen LogP contribution in [-0.4, -0.2) is 74.2 Å². The third-order valence-corrected chi connectivity index (χ3v) is 4.48. The first-order valence-electron chi connectivity index (χ1n) is 8.24. The molecular weight excluding hydrogens is 266 g/mol. The number of ether oxygens (including phenoxy) is 1. The first kappa shape index (κ1) is 18.4. The minimum atomic E-state index is -0.584. The molecule has 1 saturated heterocycles. The summed E-state index contributed by atoms with van der Waals surface area (Å²) in [6, 6.07) is 0.594. The predicted octanol–water partition coefficient (Wildman–Crippen LogP) is 1.33. The molecule has 1 aliphatic heterocycles. The highest BCUT2D eigenvalue weighted by atomic mass is 16.5. The van der Waals surface area contributed by atoms with Crippen LogP contribution >= 0.6 is 0 Å². The lowest BCUT2D eigenvalue weighted by atomic mass is 9.96. The van der Waals surface area contributed by atoms with E-state index in [0.29, 0.717) is 12.6 Å². The molecule has 1 fully saturated rings. The maximum atomic E-state index is 12.2. The van der Waals surface area contributed by atoms with Gasteiger partial charge in [-0.3, -0.25) is 4.79 Å². The summed E-state index contributed by atoms with van der Waals surface area (Å²) >= 11 is 0. The topological polar surface area (TPSA) is 44.8 Å². The Morgan fingerprint density at radius 2 is 2.19 bits per heavy atom. The molecule has 0 aromatic rings. The van der Waals surface area contributed by atoms with Crippen molar-refractivity contribution < 1.29 is 9.53 Å². The van der Waals surface area contributed by atoms with Gasteiger partial charge in [-0.2, -0.15) is 0 Å². The zero-order chi connectivity index (χ0) is 15.9. The fraction of sp³-hybridized carbons (Fsp3) is 0.938. The van der Waals surface area contributed by atoms with Gasteiger partial charge in [-0.05, 0) is 60.3 Å². The van der Waals surface area contributed by atoms with Crippen LogP contribution in [0.25, 0.3) is 0 Å². The number of nitrogens with zero attached hydrogens (tertiary/aromatic N) is 2. The molecule has 21 heavy (non-hydrogen) atoms. The highest BCUT2D eigenvalue weighted by molar-refractivity contribution is 5.80. The summed E-state index contributed by atoms with van der Waals surface area (Å²) < 4.78 is 5.23. The van der Waals surface area contributed by atoms with E-state index in [9.17, 15) is 4.79 Å². The molecule has 124 valence electrons. The molecule has 0 aromatic heterocycles. The SMILES string of the molecule is CCNC(C)(CCN(C)C1CCCN(C)C1)C(=O)OCC. The molecule has 2 atom stereocenters. The number of carbonyl (C=O) groups is 1. The number of esters is 1. The van der Waals surface area contributed by atoms with Crippen molar-refractivity contribution in [2.75, 3.05) is 46.9 Å². The van der Waals surface area contributed by atoms with Crippen LogP contribution in [0.15, 0.2) is 0 Å².